The van der Waals surface area contributed by atoms with Gasteiger partial charge in [-0.2, -0.15) is 0 Å². The summed E-state index contributed by atoms with van der Waals surface area (Å²) in [7, 11) is -3.77. The number of rotatable bonds is 7. The van der Waals surface area contributed by atoms with Gasteiger partial charge in [0.25, 0.3) is 10.0 Å². The third kappa shape index (κ3) is 5.35. The van der Waals surface area contributed by atoms with Crippen molar-refractivity contribution in [3.63, 3.8) is 0 Å². The number of nitrogens with zero attached hydrogens (tertiary/aromatic N) is 1. The molecule has 2 unspecified atom stereocenters. The van der Waals surface area contributed by atoms with Crippen LogP contribution in [0, 0.1) is 11.7 Å². The van der Waals surface area contributed by atoms with Gasteiger partial charge in [0.1, 0.15) is 5.82 Å². The Hall–Kier alpha value is -1.91. The van der Waals surface area contributed by atoms with E-state index in [1.165, 1.54) is 53.6 Å². The molecule has 3 aromatic rings. The van der Waals surface area contributed by atoms with Crippen molar-refractivity contribution in [2.75, 3.05) is 10.5 Å². The zero-order valence-corrected chi connectivity index (χ0v) is 20.1. The van der Waals surface area contributed by atoms with Crippen molar-refractivity contribution in [2.45, 2.75) is 28.7 Å². The fraction of sp³-hybridized carbons (Fsp3) is 0.227. The van der Waals surface area contributed by atoms with Gasteiger partial charge in [0.15, 0.2) is 5.13 Å². The molecule has 0 saturated carbocycles. The van der Waals surface area contributed by atoms with E-state index in [0.29, 0.717) is 15.9 Å². The summed E-state index contributed by atoms with van der Waals surface area (Å²) in [5.74, 6) is 0.477. The average molecular weight is 510 g/mol. The molecule has 1 aliphatic carbocycles. The number of nitrogens with one attached hydrogen (secondary N) is 1. The molecule has 3 N–H and O–H groups in total. The van der Waals surface area contributed by atoms with E-state index in [-0.39, 0.29) is 22.7 Å². The normalized spacial score (nSPS) is 18.9. The molecule has 4 rings (SSSR count). The Morgan fingerprint density at radius 1 is 1.25 bits per heavy atom. The minimum Gasteiger partial charge on any atom is -0.327 e. The van der Waals surface area contributed by atoms with Crippen molar-refractivity contribution >= 4 is 55.4 Å². The lowest BCUT2D eigenvalue weighted by molar-refractivity contribution is 0.506. The van der Waals surface area contributed by atoms with Crippen LogP contribution in [0.3, 0.4) is 0 Å². The van der Waals surface area contributed by atoms with Crippen LogP contribution in [0.4, 0.5) is 9.52 Å². The molecule has 2 atom stereocenters. The fourth-order valence-corrected chi connectivity index (χ4v) is 6.97. The zero-order chi connectivity index (χ0) is 22.7. The monoisotopic (exact) mass is 509 g/mol. The molecule has 1 aliphatic rings. The van der Waals surface area contributed by atoms with Gasteiger partial charge in [-0.25, -0.2) is 17.8 Å². The number of aromatic nitrogens is 1. The number of allylic oxidation sites excluding steroid dienone is 1. The van der Waals surface area contributed by atoms with Crippen LogP contribution < -0.4 is 10.5 Å². The lowest BCUT2D eigenvalue weighted by Crippen LogP contribution is -2.34. The maximum absolute atomic E-state index is 13.4. The third-order valence-electron chi connectivity index (χ3n) is 5.24. The first-order valence-corrected chi connectivity index (χ1v) is 13.6. The molecule has 5 nitrogen and oxygen atoms in total. The highest BCUT2D eigenvalue weighted by atomic mass is 35.5. The van der Waals surface area contributed by atoms with E-state index in [1.54, 1.807) is 23.6 Å². The van der Waals surface area contributed by atoms with E-state index in [0.717, 1.165) is 28.9 Å². The maximum Gasteiger partial charge on any atom is 0.263 e. The van der Waals surface area contributed by atoms with E-state index in [1.807, 2.05) is 0 Å². The van der Waals surface area contributed by atoms with Crippen LogP contribution in [0.15, 0.2) is 69.9 Å². The van der Waals surface area contributed by atoms with Crippen molar-refractivity contribution in [1.82, 2.24) is 4.98 Å². The van der Waals surface area contributed by atoms with E-state index in [2.05, 4.69) is 15.8 Å². The molecule has 0 aliphatic heterocycles. The number of hydrogen-bond acceptors (Lipinski definition) is 6. The van der Waals surface area contributed by atoms with Crippen LogP contribution in [0.1, 0.15) is 18.4 Å². The van der Waals surface area contributed by atoms with Gasteiger partial charge in [0, 0.05) is 34.2 Å². The molecule has 0 amide bonds. The van der Waals surface area contributed by atoms with Gasteiger partial charge in [-0.15, -0.1) is 23.1 Å². The summed E-state index contributed by atoms with van der Waals surface area (Å²) in [6, 6.07) is 11.1. The van der Waals surface area contributed by atoms with Gasteiger partial charge in [-0.05, 0) is 54.3 Å². The standard InChI is InChI=1S/C22H21ClFN3O2S3/c23-19-12-16(32(28,29)27-22-26-10-11-30-22)8-9-21(19)31-13-18-17(2-1-3-20(18)25)14-4-6-15(24)7-5-14/h2,4-12,18,20H,1,3,13,25H2,(H,26,27). The Balaban J connectivity index is 1.49. The van der Waals surface area contributed by atoms with E-state index < -0.39 is 10.0 Å². The van der Waals surface area contributed by atoms with Crippen molar-refractivity contribution in [3.05, 3.63) is 76.5 Å². The van der Waals surface area contributed by atoms with Crippen LogP contribution >= 0.6 is 34.7 Å². The molecule has 1 aromatic heterocycles. The average Bonchev–Trinajstić information content (AvgIpc) is 3.26. The minimum absolute atomic E-state index is 0.0199. The SMILES string of the molecule is NC1CCC=C(c2ccc(F)cc2)C1CSc1ccc(S(=O)(=O)Nc2nccs2)cc1Cl. The molecular formula is C22H21ClFN3O2S3. The van der Waals surface area contributed by atoms with E-state index in [9.17, 15) is 12.8 Å². The summed E-state index contributed by atoms with van der Waals surface area (Å²) in [6.07, 6.45) is 5.46. The highest BCUT2D eigenvalue weighted by molar-refractivity contribution is 7.99. The molecule has 32 heavy (non-hydrogen) atoms. The highest BCUT2D eigenvalue weighted by Crippen LogP contribution is 2.38. The minimum atomic E-state index is -3.77. The van der Waals surface area contributed by atoms with Crippen LogP contribution in [-0.4, -0.2) is 25.2 Å². The number of sulfonamides is 1. The van der Waals surface area contributed by atoms with Crippen molar-refractivity contribution in [1.29, 1.82) is 0 Å². The predicted molar refractivity (Wildman–Crippen MR) is 130 cm³/mol. The molecular weight excluding hydrogens is 489 g/mol. The van der Waals surface area contributed by atoms with Crippen LogP contribution in [0.25, 0.3) is 5.57 Å². The number of thiazole rings is 1. The summed E-state index contributed by atoms with van der Waals surface area (Å²) in [6.45, 7) is 0. The lowest BCUT2D eigenvalue weighted by Gasteiger charge is -2.30. The fourth-order valence-electron chi connectivity index (χ4n) is 3.60. The summed E-state index contributed by atoms with van der Waals surface area (Å²) >= 11 is 9.16. The lowest BCUT2D eigenvalue weighted by atomic mass is 9.81. The molecule has 0 spiro atoms. The van der Waals surface area contributed by atoms with Crippen molar-refractivity contribution < 1.29 is 12.8 Å². The van der Waals surface area contributed by atoms with Crippen molar-refractivity contribution in [3.8, 4) is 0 Å². The highest BCUT2D eigenvalue weighted by Gasteiger charge is 2.27. The van der Waals surface area contributed by atoms with Gasteiger partial charge in [0.2, 0.25) is 0 Å². The molecule has 0 fully saturated rings. The number of hydrogen-bond donors (Lipinski definition) is 2. The summed E-state index contributed by atoms with van der Waals surface area (Å²) in [5.41, 5.74) is 8.51. The topological polar surface area (TPSA) is 85.1 Å². The molecule has 2 aromatic carbocycles. The second-order valence-electron chi connectivity index (χ2n) is 7.36. The molecule has 0 bridgehead atoms. The Bertz CT molecular complexity index is 1220. The molecule has 0 saturated heterocycles. The second kappa shape index (κ2) is 9.93. The van der Waals surface area contributed by atoms with Gasteiger partial charge in [-0.1, -0.05) is 29.8 Å². The Morgan fingerprint density at radius 2 is 2.03 bits per heavy atom. The Kier molecular flexibility index (Phi) is 7.21. The number of nitrogens with two attached hydrogens (primary N) is 1. The van der Waals surface area contributed by atoms with Gasteiger partial charge in [-0.3, -0.25) is 4.72 Å². The maximum atomic E-state index is 13.4. The number of thioether (sulfide) groups is 1. The quantitative estimate of drug-likeness (QED) is 0.402. The molecule has 10 heteroatoms. The van der Waals surface area contributed by atoms with Crippen LogP contribution in [0.5, 0.6) is 0 Å². The summed E-state index contributed by atoms with van der Waals surface area (Å²) in [4.78, 5) is 4.79. The molecule has 168 valence electrons. The predicted octanol–water partition coefficient (Wildman–Crippen LogP) is 5.65. The molecule has 0 radical (unpaired) electrons. The van der Waals surface area contributed by atoms with Crippen LogP contribution in [0.2, 0.25) is 5.02 Å². The zero-order valence-electron chi connectivity index (χ0n) is 16.9. The van der Waals surface area contributed by atoms with Crippen molar-refractivity contribution in [2.24, 2.45) is 11.7 Å². The second-order valence-corrected chi connectivity index (χ2v) is 11.4. The van der Waals surface area contributed by atoms with E-state index in [4.69, 9.17) is 17.3 Å². The third-order valence-corrected chi connectivity index (χ3v) is 9.02. The van der Waals surface area contributed by atoms with Gasteiger partial charge < -0.3 is 5.73 Å². The largest absolute Gasteiger partial charge is 0.327 e. The number of halogens is 2. The summed E-state index contributed by atoms with van der Waals surface area (Å²) < 4.78 is 40.9. The Labute approximate surface area is 200 Å². The van der Waals surface area contributed by atoms with E-state index >= 15 is 0 Å². The number of anilines is 1. The first kappa shape index (κ1) is 23.3. The smallest absolute Gasteiger partial charge is 0.263 e. The van der Waals surface area contributed by atoms with Gasteiger partial charge >= 0.3 is 0 Å². The number of benzene rings is 2. The van der Waals surface area contributed by atoms with Crippen LogP contribution in [-0.2, 0) is 10.0 Å². The first-order valence-electron chi connectivity index (χ1n) is 9.90. The summed E-state index contributed by atoms with van der Waals surface area (Å²) in [5, 5.41) is 2.34. The first-order chi connectivity index (χ1) is 15.3. The molecule has 1 heterocycles. The van der Waals surface area contributed by atoms with Gasteiger partial charge in [0.05, 0.1) is 9.92 Å². The Morgan fingerprint density at radius 3 is 2.72 bits per heavy atom.